The number of rotatable bonds is 5. The van der Waals surface area contributed by atoms with Gasteiger partial charge in [0.15, 0.2) is 13.1 Å². The Morgan fingerprint density at radius 1 is 1.33 bits per heavy atom. The second kappa shape index (κ2) is 7.06. The topological polar surface area (TPSA) is 74.4 Å². The van der Waals surface area contributed by atoms with Gasteiger partial charge in [0.25, 0.3) is 0 Å². The van der Waals surface area contributed by atoms with Gasteiger partial charge in [-0.2, -0.15) is 13.2 Å². The van der Waals surface area contributed by atoms with E-state index in [1.54, 1.807) is 0 Å². The van der Waals surface area contributed by atoms with Crippen molar-refractivity contribution in [2.45, 2.75) is 6.18 Å². The summed E-state index contributed by atoms with van der Waals surface area (Å²) in [6.07, 6.45) is -4.06. The summed E-state index contributed by atoms with van der Waals surface area (Å²) in [7, 11) is 1.33. The fourth-order valence-electron chi connectivity index (χ4n) is 1.94. The van der Waals surface area contributed by atoms with E-state index >= 15 is 0 Å². The molecule has 0 saturated heterocycles. The maximum absolute atomic E-state index is 12.9. The average molecular weight is 361 g/mol. The number of ether oxygens (including phenoxy) is 2. The van der Waals surface area contributed by atoms with E-state index in [-0.39, 0.29) is 40.2 Å². The SMILES string of the molecule is COCOc1cc(C(F)(F)F)ccc1-c1nc(N)c(C=O)cc1Cl. The van der Waals surface area contributed by atoms with Crippen LogP contribution in [0.5, 0.6) is 5.75 Å². The Balaban J connectivity index is 2.60. The number of nitrogen functional groups attached to an aromatic ring is 1. The second-order valence-electron chi connectivity index (χ2n) is 4.67. The van der Waals surface area contributed by atoms with Crippen molar-refractivity contribution in [3.8, 4) is 17.0 Å². The molecule has 128 valence electrons. The van der Waals surface area contributed by atoms with Crippen LogP contribution in [0, 0.1) is 0 Å². The molecule has 2 N–H and O–H groups in total. The minimum Gasteiger partial charge on any atom is -0.467 e. The molecule has 0 spiro atoms. The van der Waals surface area contributed by atoms with Crippen LogP contribution in [0.2, 0.25) is 5.02 Å². The van der Waals surface area contributed by atoms with Crippen molar-refractivity contribution >= 4 is 23.7 Å². The Kier molecular flexibility index (Phi) is 5.30. The summed E-state index contributed by atoms with van der Waals surface area (Å²) in [5.41, 5.74) is 5.11. The van der Waals surface area contributed by atoms with Crippen molar-refractivity contribution in [2.75, 3.05) is 19.6 Å². The summed E-state index contributed by atoms with van der Waals surface area (Å²) in [5, 5.41) is 0.0494. The third-order valence-electron chi connectivity index (χ3n) is 3.06. The molecule has 1 aromatic carbocycles. The number of anilines is 1. The molecule has 0 radical (unpaired) electrons. The first-order valence-corrected chi connectivity index (χ1v) is 6.90. The number of nitrogens with two attached hydrogens (primary N) is 1. The number of carbonyl (C=O) groups excluding carboxylic acids is 1. The van der Waals surface area contributed by atoms with Crippen LogP contribution in [-0.2, 0) is 10.9 Å². The first-order chi connectivity index (χ1) is 11.3. The smallest absolute Gasteiger partial charge is 0.416 e. The monoisotopic (exact) mass is 360 g/mol. The third-order valence-corrected chi connectivity index (χ3v) is 3.35. The van der Waals surface area contributed by atoms with Crippen LogP contribution in [0.1, 0.15) is 15.9 Å². The summed E-state index contributed by atoms with van der Waals surface area (Å²) in [5.74, 6) is -0.221. The predicted octanol–water partition coefficient (Wildman–Crippen LogP) is 3.80. The number of aldehydes is 1. The molecule has 5 nitrogen and oxygen atoms in total. The average Bonchev–Trinajstić information content (AvgIpc) is 2.53. The van der Waals surface area contributed by atoms with Crippen LogP contribution in [0.4, 0.5) is 19.0 Å². The van der Waals surface area contributed by atoms with E-state index in [1.807, 2.05) is 0 Å². The quantitative estimate of drug-likeness (QED) is 0.648. The molecular formula is C15H12ClF3N2O3. The van der Waals surface area contributed by atoms with Gasteiger partial charge in [-0.15, -0.1) is 0 Å². The summed E-state index contributed by atoms with van der Waals surface area (Å²) in [4.78, 5) is 14.8. The number of nitrogens with zero attached hydrogens (tertiary/aromatic N) is 1. The molecule has 0 amide bonds. The lowest BCUT2D eigenvalue weighted by molar-refractivity contribution is -0.137. The minimum atomic E-state index is -4.54. The number of aromatic nitrogens is 1. The lowest BCUT2D eigenvalue weighted by atomic mass is 10.1. The normalized spacial score (nSPS) is 11.4. The van der Waals surface area contributed by atoms with Gasteiger partial charge in [0.2, 0.25) is 0 Å². The van der Waals surface area contributed by atoms with Crippen LogP contribution in [-0.4, -0.2) is 25.2 Å². The molecule has 9 heteroatoms. The number of alkyl halides is 3. The van der Waals surface area contributed by atoms with Gasteiger partial charge in [-0.3, -0.25) is 4.79 Å². The Labute approximate surface area is 140 Å². The molecule has 0 fully saturated rings. The highest BCUT2D eigenvalue weighted by atomic mass is 35.5. The number of halogens is 4. The Hall–Kier alpha value is -2.32. The maximum atomic E-state index is 12.9. The zero-order valence-corrected chi connectivity index (χ0v) is 13.1. The zero-order chi connectivity index (χ0) is 17.9. The van der Waals surface area contributed by atoms with Crippen LogP contribution in [0.15, 0.2) is 24.3 Å². The number of carbonyl (C=O) groups is 1. The van der Waals surface area contributed by atoms with E-state index in [4.69, 9.17) is 26.8 Å². The van der Waals surface area contributed by atoms with Crippen molar-refractivity contribution in [1.82, 2.24) is 4.98 Å². The summed E-state index contributed by atoms with van der Waals surface area (Å²) in [6, 6.07) is 4.14. The van der Waals surface area contributed by atoms with Crippen molar-refractivity contribution < 1.29 is 27.4 Å². The summed E-state index contributed by atoms with van der Waals surface area (Å²) < 4.78 is 48.6. The number of methoxy groups -OCH3 is 1. The Morgan fingerprint density at radius 2 is 2.04 bits per heavy atom. The molecule has 0 aliphatic rings. The molecule has 0 saturated carbocycles. The molecule has 0 atom stereocenters. The van der Waals surface area contributed by atoms with Crippen molar-refractivity contribution in [3.05, 3.63) is 40.4 Å². The summed E-state index contributed by atoms with van der Waals surface area (Å²) >= 11 is 6.06. The molecule has 0 unspecified atom stereocenters. The van der Waals surface area contributed by atoms with E-state index in [2.05, 4.69) is 4.98 Å². The molecule has 0 aliphatic carbocycles. The number of hydrogen-bond donors (Lipinski definition) is 1. The number of pyridine rings is 1. The first kappa shape index (κ1) is 18.0. The van der Waals surface area contributed by atoms with Crippen LogP contribution in [0.3, 0.4) is 0 Å². The van der Waals surface area contributed by atoms with Crippen LogP contribution < -0.4 is 10.5 Å². The van der Waals surface area contributed by atoms with Gasteiger partial charge in [0, 0.05) is 12.7 Å². The van der Waals surface area contributed by atoms with Crippen molar-refractivity contribution in [3.63, 3.8) is 0 Å². The highest BCUT2D eigenvalue weighted by molar-refractivity contribution is 6.33. The van der Waals surface area contributed by atoms with E-state index in [0.717, 1.165) is 12.1 Å². The third kappa shape index (κ3) is 3.77. The van der Waals surface area contributed by atoms with Gasteiger partial charge in [0.05, 0.1) is 21.8 Å². The predicted molar refractivity (Wildman–Crippen MR) is 82.0 cm³/mol. The molecule has 1 heterocycles. The number of hydrogen-bond acceptors (Lipinski definition) is 5. The molecule has 2 aromatic rings. The Morgan fingerprint density at radius 3 is 2.62 bits per heavy atom. The van der Waals surface area contributed by atoms with Gasteiger partial charge in [-0.1, -0.05) is 11.6 Å². The van der Waals surface area contributed by atoms with Gasteiger partial charge in [0.1, 0.15) is 11.6 Å². The molecule has 24 heavy (non-hydrogen) atoms. The molecule has 0 aliphatic heterocycles. The lowest BCUT2D eigenvalue weighted by Crippen LogP contribution is -2.08. The standard InChI is InChI=1S/C15H12ClF3N2O3/c1-23-7-24-12-5-9(15(17,18)19)2-3-10(12)13-11(16)4-8(6-22)14(20)21-13/h2-6H,7H2,1H3,(H2,20,21). The second-order valence-corrected chi connectivity index (χ2v) is 5.08. The highest BCUT2D eigenvalue weighted by Crippen LogP contribution is 2.39. The largest absolute Gasteiger partial charge is 0.467 e. The first-order valence-electron chi connectivity index (χ1n) is 6.52. The Bertz CT molecular complexity index is 766. The zero-order valence-electron chi connectivity index (χ0n) is 12.4. The minimum absolute atomic E-state index is 0.0494. The summed E-state index contributed by atoms with van der Waals surface area (Å²) in [6.45, 7) is -0.270. The van der Waals surface area contributed by atoms with Crippen LogP contribution >= 0.6 is 11.6 Å². The van der Waals surface area contributed by atoms with Crippen molar-refractivity contribution in [1.29, 1.82) is 0 Å². The van der Waals surface area contributed by atoms with Crippen molar-refractivity contribution in [2.24, 2.45) is 0 Å². The lowest BCUT2D eigenvalue weighted by Gasteiger charge is -2.15. The van der Waals surface area contributed by atoms with Gasteiger partial charge in [-0.25, -0.2) is 4.98 Å². The maximum Gasteiger partial charge on any atom is 0.416 e. The van der Waals surface area contributed by atoms with E-state index in [1.165, 1.54) is 19.2 Å². The fourth-order valence-corrected chi connectivity index (χ4v) is 2.20. The van der Waals surface area contributed by atoms with Crippen LogP contribution in [0.25, 0.3) is 11.3 Å². The van der Waals surface area contributed by atoms with E-state index in [9.17, 15) is 18.0 Å². The molecule has 2 rings (SSSR count). The molecular weight excluding hydrogens is 349 g/mol. The van der Waals surface area contributed by atoms with E-state index < -0.39 is 11.7 Å². The molecule has 0 bridgehead atoms. The van der Waals surface area contributed by atoms with E-state index in [0.29, 0.717) is 6.29 Å². The number of benzene rings is 1. The molecule has 1 aromatic heterocycles. The van der Waals surface area contributed by atoms with Gasteiger partial charge in [-0.05, 0) is 24.3 Å². The fraction of sp³-hybridized carbons (Fsp3) is 0.200. The van der Waals surface area contributed by atoms with Gasteiger partial charge < -0.3 is 15.2 Å². The van der Waals surface area contributed by atoms with Gasteiger partial charge >= 0.3 is 6.18 Å². The highest BCUT2D eigenvalue weighted by Gasteiger charge is 2.31.